The van der Waals surface area contributed by atoms with E-state index in [-0.39, 0.29) is 5.91 Å². The van der Waals surface area contributed by atoms with Crippen molar-refractivity contribution in [3.63, 3.8) is 0 Å². The van der Waals surface area contributed by atoms with Crippen LogP contribution in [0.5, 0.6) is 5.75 Å². The third-order valence-electron chi connectivity index (χ3n) is 4.52. The van der Waals surface area contributed by atoms with E-state index in [1.807, 2.05) is 6.92 Å². The van der Waals surface area contributed by atoms with Gasteiger partial charge in [0, 0.05) is 36.6 Å². The van der Waals surface area contributed by atoms with Crippen molar-refractivity contribution < 1.29 is 9.53 Å². The molecule has 0 bridgehead atoms. The topological polar surface area (TPSA) is 67.3 Å². The molecule has 2 aromatic rings. The molecule has 1 aliphatic rings. The van der Waals surface area contributed by atoms with Gasteiger partial charge in [0.1, 0.15) is 5.75 Å². The number of ether oxygens (including phenoxy) is 1. The zero-order chi connectivity index (χ0) is 18.5. The maximum absolute atomic E-state index is 12.5. The molecule has 26 heavy (non-hydrogen) atoms. The number of methoxy groups -OCH3 is 1. The third-order valence-corrected chi connectivity index (χ3v) is 4.93. The number of hydrogen-bond acceptors (Lipinski definition) is 5. The monoisotopic (exact) mass is 374 g/mol. The van der Waals surface area contributed by atoms with Gasteiger partial charge in [-0.1, -0.05) is 24.4 Å². The average Bonchev–Trinajstić information content (AvgIpc) is 2.94. The van der Waals surface area contributed by atoms with Crippen molar-refractivity contribution >= 4 is 29.1 Å². The number of nitrogens with one attached hydrogen (secondary N) is 1. The van der Waals surface area contributed by atoms with E-state index in [9.17, 15) is 4.79 Å². The number of hydrogen-bond donors (Lipinski definition) is 1. The smallest absolute Gasteiger partial charge is 0.258 e. The maximum Gasteiger partial charge on any atom is 0.258 e. The van der Waals surface area contributed by atoms with Crippen LogP contribution in [-0.4, -0.2) is 36.1 Å². The van der Waals surface area contributed by atoms with Crippen LogP contribution in [0.1, 0.15) is 41.6 Å². The van der Waals surface area contributed by atoms with E-state index >= 15 is 0 Å². The fraction of sp³-hybridized carbons (Fsp3) is 0.421. The van der Waals surface area contributed by atoms with E-state index in [1.54, 1.807) is 24.5 Å². The first kappa shape index (κ1) is 18.5. The van der Waals surface area contributed by atoms with Crippen LogP contribution >= 0.6 is 11.6 Å². The molecular formula is C19H23ClN4O2. The molecule has 1 fully saturated rings. The largest absolute Gasteiger partial charge is 0.495 e. The number of carbonyl (C=O) groups is 1. The lowest BCUT2D eigenvalue weighted by Gasteiger charge is -2.19. The molecule has 1 aromatic carbocycles. The van der Waals surface area contributed by atoms with Gasteiger partial charge >= 0.3 is 0 Å². The zero-order valence-corrected chi connectivity index (χ0v) is 15.8. The molecule has 1 N–H and O–H groups in total. The first-order valence-electron chi connectivity index (χ1n) is 8.81. The predicted molar refractivity (Wildman–Crippen MR) is 103 cm³/mol. The highest BCUT2D eigenvalue weighted by Gasteiger charge is 2.15. The maximum atomic E-state index is 12.5. The van der Waals surface area contributed by atoms with E-state index in [2.05, 4.69) is 20.2 Å². The second-order valence-corrected chi connectivity index (χ2v) is 6.84. The second kappa shape index (κ2) is 8.36. The molecule has 0 spiro atoms. The fourth-order valence-electron chi connectivity index (χ4n) is 3.00. The fourth-order valence-corrected chi connectivity index (χ4v) is 3.15. The number of aryl methyl sites for hydroxylation is 1. The number of aromatic nitrogens is 2. The Morgan fingerprint density at radius 1 is 1.15 bits per heavy atom. The second-order valence-electron chi connectivity index (χ2n) is 6.43. The summed E-state index contributed by atoms with van der Waals surface area (Å²) in [5.41, 5.74) is 1.82. The van der Waals surface area contributed by atoms with Gasteiger partial charge in [0.25, 0.3) is 5.91 Å². The van der Waals surface area contributed by atoms with Gasteiger partial charge in [0.15, 0.2) is 0 Å². The molecule has 0 radical (unpaired) electrons. The summed E-state index contributed by atoms with van der Waals surface area (Å²) < 4.78 is 5.29. The molecule has 6 nitrogen and oxygen atoms in total. The van der Waals surface area contributed by atoms with Gasteiger partial charge in [-0.25, -0.2) is 9.97 Å². The average molecular weight is 375 g/mol. The van der Waals surface area contributed by atoms with E-state index in [0.29, 0.717) is 28.0 Å². The van der Waals surface area contributed by atoms with Crippen LogP contribution in [0.4, 0.5) is 11.6 Å². The minimum Gasteiger partial charge on any atom is -0.495 e. The Bertz CT molecular complexity index is 772. The van der Waals surface area contributed by atoms with Crippen molar-refractivity contribution in [1.82, 2.24) is 9.97 Å². The Morgan fingerprint density at radius 2 is 1.81 bits per heavy atom. The molecule has 0 saturated carbocycles. The molecule has 1 aromatic heterocycles. The highest BCUT2D eigenvalue weighted by Crippen LogP contribution is 2.31. The van der Waals surface area contributed by atoms with Crippen molar-refractivity contribution in [2.24, 2.45) is 0 Å². The van der Waals surface area contributed by atoms with Gasteiger partial charge in [0.2, 0.25) is 5.95 Å². The SMILES string of the molecule is COc1cc(Cl)c(C)cc1NC(=O)c1cnc(N2CCCCCC2)nc1. The summed E-state index contributed by atoms with van der Waals surface area (Å²) in [7, 11) is 1.54. The summed E-state index contributed by atoms with van der Waals surface area (Å²) in [4.78, 5) is 23.5. The Hall–Kier alpha value is -2.34. The Morgan fingerprint density at radius 3 is 2.42 bits per heavy atom. The molecule has 0 aliphatic carbocycles. The molecule has 1 saturated heterocycles. The van der Waals surface area contributed by atoms with Crippen molar-refractivity contribution in [3.05, 3.63) is 40.7 Å². The summed E-state index contributed by atoms with van der Waals surface area (Å²) in [6.07, 6.45) is 7.94. The molecule has 0 atom stereocenters. The first-order chi connectivity index (χ1) is 12.6. The van der Waals surface area contributed by atoms with Crippen LogP contribution in [0.25, 0.3) is 0 Å². The number of carbonyl (C=O) groups excluding carboxylic acids is 1. The van der Waals surface area contributed by atoms with Gasteiger partial charge in [-0.05, 0) is 31.4 Å². The van der Waals surface area contributed by atoms with Crippen molar-refractivity contribution in [2.45, 2.75) is 32.6 Å². The summed E-state index contributed by atoms with van der Waals surface area (Å²) in [6, 6.07) is 3.47. The minimum atomic E-state index is -0.285. The van der Waals surface area contributed by atoms with Crippen LogP contribution in [0, 0.1) is 6.92 Å². The van der Waals surface area contributed by atoms with Crippen LogP contribution in [0.15, 0.2) is 24.5 Å². The number of benzene rings is 1. The van der Waals surface area contributed by atoms with Crippen LogP contribution in [0.3, 0.4) is 0 Å². The minimum absolute atomic E-state index is 0.285. The Labute approximate surface area is 158 Å². The van der Waals surface area contributed by atoms with Gasteiger partial charge in [-0.3, -0.25) is 4.79 Å². The van der Waals surface area contributed by atoms with Gasteiger partial charge in [-0.2, -0.15) is 0 Å². The Balaban J connectivity index is 1.73. The van der Waals surface area contributed by atoms with Gasteiger partial charge in [-0.15, -0.1) is 0 Å². The highest BCUT2D eigenvalue weighted by atomic mass is 35.5. The third kappa shape index (κ3) is 4.25. The molecule has 1 aliphatic heterocycles. The molecular weight excluding hydrogens is 352 g/mol. The summed E-state index contributed by atoms with van der Waals surface area (Å²) in [5, 5.41) is 3.43. The standard InChI is InChI=1S/C19H23ClN4O2/c1-13-9-16(17(26-2)10-15(13)20)23-18(25)14-11-21-19(22-12-14)24-7-5-3-4-6-8-24/h9-12H,3-8H2,1-2H3,(H,23,25). The van der Waals surface area contributed by atoms with Gasteiger partial charge < -0.3 is 15.0 Å². The number of anilines is 2. The van der Waals surface area contributed by atoms with Crippen LogP contribution in [-0.2, 0) is 0 Å². The molecule has 2 heterocycles. The molecule has 0 unspecified atom stereocenters. The lowest BCUT2D eigenvalue weighted by molar-refractivity contribution is 0.102. The highest BCUT2D eigenvalue weighted by molar-refractivity contribution is 6.31. The quantitative estimate of drug-likeness (QED) is 0.873. The summed E-state index contributed by atoms with van der Waals surface area (Å²) >= 11 is 6.10. The number of amides is 1. The van der Waals surface area contributed by atoms with E-state index < -0.39 is 0 Å². The van der Waals surface area contributed by atoms with Crippen LogP contribution in [0.2, 0.25) is 5.02 Å². The first-order valence-corrected chi connectivity index (χ1v) is 9.19. The van der Waals surface area contributed by atoms with Crippen LogP contribution < -0.4 is 15.0 Å². The van der Waals surface area contributed by atoms with Crippen molar-refractivity contribution in [1.29, 1.82) is 0 Å². The zero-order valence-electron chi connectivity index (χ0n) is 15.1. The molecule has 3 rings (SSSR count). The number of halogens is 1. The van der Waals surface area contributed by atoms with E-state index in [4.69, 9.17) is 16.3 Å². The number of nitrogens with zero attached hydrogens (tertiary/aromatic N) is 3. The predicted octanol–water partition coefficient (Wildman–Crippen LogP) is 4.08. The number of rotatable bonds is 4. The summed E-state index contributed by atoms with van der Waals surface area (Å²) in [6.45, 7) is 3.80. The van der Waals surface area contributed by atoms with Gasteiger partial charge in [0.05, 0.1) is 18.4 Å². The van der Waals surface area contributed by atoms with Crippen molar-refractivity contribution in [2.75, 3.05) is 30.4 Å². The lowest BCUT2D eigenvalue weighted by Crippen LogP contribution is -2.26. The molecule has 1 amide bonds. The van der Waals surface area contributed by atoms with E-state index in [0.717, 1.165) is 31.5 Å². The summed E-state index contributed by atoms with van der Waals surface area (Å²) in [5.74, 6) is 0.909. The molecule has 138 valence electrons. The van der Waals surface area contributed by atoms with E-state index in [1.165, 1.54) is 20.0 Å². The lowest BCUT2D eigenvalue weighted by atomic mass is 10.2. The molecule has 7 heteroatoms. The normalized spacial score (nSPS) is 14.7. The van der Waals surface area contributed by atoms with Crippen molar-refractivity contribution in [3.8, 4) is 5.75 Å². The Kier molecular flexibility index (Phi) is 5.93.